The van der Waals surface area contributed by atoms with Crippen LogP contribution in [-0.4, -0.2) is 30.5 Å². The SMILES string of the molecule is CCC(Nc1ccc(N2CCNC(=O)C2)nc1)c1ccccc1. The average molecular weight is 310 g/mol. The minimum Gasteiger partial charge on any atom is -0.377 e. The number of anilines is 2. The van der Waals surface area contributed by atoms with Gasteiger partial charge in [-0.3, -0.25) is 4.79 Å². The molecule has 23 heavy (non-hydrogen) atoms. The Morgan fingerprint density at radius 2 is 2.09 bits per heavy atom. The van der Waals surface area contributed by atoms with E-state index in [1.165, 1.54) is 5.56 Å². The van der Waals surface area contributed by atoms with Crippen LogP contribution >= 0.6 is 0 Å². The van der Waals surface area contributed by atoms with E-state index in [0.717, 1.165) is 24.5 Å². The summed E-state index contributed by atoms with van der Waals surface area (Å²) in [6.45, 7) is 4.01. The monoisotopic (exact) mass is 310 g/mol. The Bertz CT molecular complexity index is 642. The normalized spacial score (nSPS) is 15.9. The highest BCUT2D eigenvalue weighted by Crippen LogP contribution is 2.23. The predicted molar refractivity (Wildman–Crippen MR) is 92.6 cm³/mol. The lowest BCUT2D eigenvalue weighted by atomic mass is 10.0. The van der Waals surface area contributed by atoms with Gasteiger partial charge in [-0.1, -0.05) is 37.3 Å². The summed E-state index contributed by atoms with van der Waals surface area (Å²) >= 11 is 0. The molecule has 2 N–H and O–H groups in total. The number of nitrogens with zero attached hydrogens (tertiary/aromatic N) is 2. The molecule has 1 aromatic heterocycles. The fraction of sp³-hybridized carbons (Fsp3) is 0.333. The third-order valence-electron chi connectivity index (χ3n) is 4.06. The first-order valence-corrected chi connectivity index (χ1v) is 8.05. The molecular formula is C18H22N4O. The van der Waals surface area contributed by atoms with Crippen LogP contribution in [0.5, 0.6) is 0 Å². The van der Waals surface area contributed by atoms with Gasteiger partial charge in [0.2, 0.25) is 5.91 Å². The van der Waals surface area contributed by atoms with Crippen molar-refractivity contribution >= 4 is 17.4 Å². The smallest absolute Gasteiger partial charge is 0.239 e. The number of carbonyl (C=O) groups excluding carboxylic acids is 1. The van der Waals surface area contributed by atoms with E-state index in [9.17, 15) is 4.79 Å². The van der Waals surface area contributed by atoms with Gasteiger partial charge in [-0.25, -0.2) is 4.98 Å². The molecule has 1 atom stereocenters. The molecule has 5 heteroatoms. The summed E-state index contributed by atoms with van der Waals surface area (Å²) < 4.78 is 0. The first-order valence-electron chi connectivity index (χ1n) is 8.05. The molecule has 3 rings (SSSR count). The van der Waals surface area contributed by atoms with Crippen molar-refractivity contribution in [1.29, 1.82) is 0 Å². The van der Waals surface area contributed by atoms with E-state index in [2.05, 4.69) is 46.8 Å². The van der Waals surface area contributed by atoms with Crippen molar-refractivity contribution in [3.8, 4) is 0 Å². The largest absolute Gasteiger partial charge is 0.377 e. The van der Waals surface area contributed by atoms with Crippen molar-refractivity contribution in [3.05, 3.63) is 54.2 Å². The molecule has 1 saturated heterocycles. The molecule has 1 aromatic carbocycles. The summed E-state index contributed by atoms with van der Waals surface area (Å²) in [5, 5.41) is 6.35. The number of hydrogen-bond donors (Lipinski definition) is 2. The van der Waals surface area contributed by atoms with E-state index in [4.69, 9.17) is 0 Å². The standard InChI is InChI=1S/C18H22N4O/c1-2-16(14-6-4-3-5-7-14)21-15-8-9-17(20-12-15)22-11-10-19-18(23)13-22/h3-9,12,16,21H,2,10-11,13H2,1H3,(H,19,23). The van der Waals surface area contributed by atoms with Crippen LogP contribution in [-0.2, 0) is 4.79 Å². The Hall–Kier alpha value is -2.56. The number of rotatable bonds is 5. The van der Waals surface area contributed by atoms with Crippen LogP contribution in [0.1, 0.15) is 24.9 Å². The van der Waals surface area contributed by atoms with Gasteiger partial charge in [0.25, 0.3) is 0 Å². The Labute approximate surface area is 136 Å². The summed E-state index contributed by atoms with van der Waals surface area (Å²) in [5.74, 6) is 0.897. The van der Waals surface area contributed by atoms with Crippen molar-refractivity contribution in [2.45, 2.75) is 19.4 Å². The summed E-state index contributed by atoms with van der Waals surface area (Å²) in [4.78, 5) is 18.0. The van der Waals surface area contributed by atoms with E-state index in [1.807, 2.05) is 29.3 Å². The van der Waals surface area contributed by atoms with Gasteiger partial charge in [-0.15, -0.1) is 0 Å². The molecule has 2 heterocycles. The third kappa shape index (κ3) is 3.80. The maximum Gasteiger partial charge on any atom is 0.239 e. The number of piperazine rings is 1. The van der Waals surface area contributed by atoms with Crippen molar-refractivity contribution < 1.29 is 4.79 Å². The number of carbonyl (C=O) groups is 1. The second-order valence-electron chi connectivity index (χ2n) is 5.69. The van der Waals surface area contributed by atoms with Crippen LogP contribution < -0.4 is 15.5 Å². The molecule has 1 aliphatic heterocycles. The maximum absolute atomic E-state index is 11.5. The van der Waals surface area contributed by atoms with E-state index in [1.54, 1.807) is 0 Å². The number of aromatic nitrogens is 1. The van der Waals surface area contributed by atoms with Crippen LogP contribution in [0.2, 0.25) is 0 Å². The van der Waals surface area contributed by atoms with Gasteiger partial charge in [0.15, 0.2) is 0 Å². The quantitative estimate of drug-likeness (QED) is 0.891. The lowest BCUT2D eigenvalue weighted by molar-refractivity contribution is -0.120. The van der Waals surface area contributed by atoms with Gasteiger partial charge < -0.3 is 15.5 Å². The van der Waals surface area contributed by atoms with Crippen molar-refractivity contribution in [2.24, 2.45) is 0 Å². The Morgan fingerprint density at radius 3 is 2.74 bits per heavy atom. The van der Waals surface area contributed by atoms with E-state index < -0.39 is 0 Å². The van der Waals surface area contributed by atoms with Gasteiger partial charge in [-0.05, 0) is 24.1 Å². The van der Waals surface area contributed by atoms with E-state index in [-0.39, 0.29) is 11.9 Å². The first kappa shape index (κ1) is 15.3. The molecule has 1 aliphatic rings. The van der Waals surface area contributed by atoms with Crippen LogP contribution in [0.25, 0.3) is 0 Å². The van der Waals surface area contributed by atoms with Crippen molar-refractivity contribution in [3.63, 3.8) is 0 Å². The second-order valence-corrected chi connectivity index (χ2v) is 5.69. The van der Waals surface area contributed by atoms with Crippen LogP contribution in [0, 0.1) is 0 Å². The van der Waals surface area contributed by atoms with Crippen molar-refractivity contribution in [2.75, 3.05) is 29.9 Å². The van der Waals surface area contributed by atoms with Gasteiger partial charge in [-0.2, -0.15) is 0 Å². The second kappa shape index (κ2) is 7.13. The summed E-state index contributed by atoms with van der Waals surface area (Å²) in [6, 6.07) is 14.7. The van der Waals surface area contributed by atoms with Crippen LogP contribution in [0.4, 0.5) is 11.5 Å². The van der Waals surface area contributed by atoms with Gasteiger partial charge in [0.05, 0.1) is 24.5 Å². The van der Waals surface area contributed by atoms with Gasteiger partial charge in [0, 0.05) is 13.1 Å². The molecule has 0 radical (unpaired) electrons. The van der Waals surface area contributed by atoms with Crippen LogP contribution in [0.15, 0.2) is 48.7 Å². The molecule has 0 aliphatic carbocycles. The molecule has 0 spiro atoms. The third-order valence-corrected chi connectivity index (χ3v) is 4.06. The number of nitrogens with one attached hydrogen (secondary N) is 2. The average Bonchev–Trinajstić information content (AvgIpc) is 2.61. The molecule has 1 amide bonds. The van der Waals surface area contributed by atoms with E-state index in [0.29, 0.717) is 13.1 Å². The van der Waals surface area contributed by atoms with Crippen molar-refractivity contribution in [1.82, 2.24) is 10.3 Å². The molecule has 2 aromatic rings. The minimum absolute atomic E-state index is 0.0513. The number of pyridine rings is 1. The topological polar surface area (TPSA) is 57.3 Å². The Balaban J connectivity index is 1.68. The summed E-state index contributed by atoms with van der Waals surface area (Å²) in [6.07, 6.45) is 2.84. The van der Waals surface area contributed by atoms with Gasteiger partial charge >= 0.3 is 0 Å². The maximum atomic E-state index is 11.5. The fourth-order valence-electron chi connectivity index (χ4n) is 2.80. The lowest BCUT2D eigenvalue weighted by Gasteiger charge is -2.27. The lowest BCUT2D eigenvalue weighted by Crippen LogP contribution is -2.48. The summed E-state index contributed by atoms with van der Waals surface area (Å²) in [5.41, 5.74) is 2.26. The zero-order chi connectivity index (χ0) is 16.1. The number of hydrogen-bond acceptors (Lipinski definition) is 4. The number of benzene rings is 1. The molecule has 1 fully saturated rings. The molecular weight excluding hydrogens is 288 g/mol. The molecule has 0 saturated carbocycles. The molecule has 0 bridgehead atoms. The fourth-order valence-corrected chi connectivity index (χ4v) is 2.80. The van der Waals surface area contributed by atoms with Gasteiger partial charge in [0.1, 0.15) is 5.82 Å². The number of amides is 1. The zero-order valence-electron chi connectivity index (χ0n) is 13.3. The highest BCUT2D eigenvalue weighted by Gasteiger charge is 2.17. The predicted octanol–water partition coefficient (Wildman–Crippen LogP) is 2.58. The molecule has 120 valence electrons. The Kier molecular flexibility index (Phi) is 4.76. The Morgan fingerprint density at radius 1 is 1.26 bits per heavy atom. The van der Waals surface area contributed by atoms with E-state index >= 15 is 0 Å². The highest BCUT2D eigenvalue weighted by molar-refractivity contribution is 5.82. The summed E-state index contributed by atoms with van der Waals surface area (Å²) in [7, 11) is 0. The first-order chi connectivity index (χ1) is 11.3. The minimum atomic E-state index is 0.0513. The zero-order valence-corrected chi connectivity index (χ0v) is 13.3. The molecule has 1 unspecified atom stereocenters. The van der Waals surface area contributed by atoms with Crippen LogP contribution in [0.3, 0.4) is 0 Å². The molecule has 5 nitrogen and oxygen atoms in total. The highest BCUT2D eigenvalue weighted by atomic mass is 16.2.